The summed E-state index contributed by atoms with van der Waals surface area (Å²) in [5, 5.41) is 0. The van der Waals surface area contributed by atoms with Gasteiger partial charge in [-0.2, -0.15) is 0 Å². The van der Waals surface area contributed by atoms with Gasteiger partial charge in [-0.05, 0) is 12.5 Å². The molecule has 1 rings (SSSR count). The predicted molar refractivity (Wildman–Crippen MR) is 67.0 cm³/mol. The molecule has 1 aromatic carbocycles. The second-order valence-corrected chi connectivity index (χ2v) is 5.05. The fourth-order valence-corrected chi connectivity index (χ4v) is 1.61. The lowest BCUT2D eigenvalue weighted by Crippen LogP contribution is -2.38. The molecule has 0 aliphatic rings. The molecule has 16 heavy (non-hydrogen) atoms. The second-order valence-electron chi connectivity index (χ2n) is 5.05. The normalized spacial score (nSPS) is 11.2. The van der Waals surface area contributed by atoms with E-state index in [-0.39, 0.29) is 11.3 Å². The molecule has 0 fully saturated rings. The topological polar surface area (TPSA) is 20.3 Å². The molecule has 1 aromatic rings. The SMILES string of the molecule is CCN(Cc1ccccc1)C(=O)C(C)(C)C. The fourth-order valence-electron chi connectivity index (χ4n) is 1.61. The Morgan fingerprint density at radius 2 is 1.75 bits per heavy atom. The zero-order valence-corrected chi connectivity index (χ0v) is 10.7. The summed E-state index contributed by atoms with van der Waals surface area (Å²) in [5.41, 5.74) is 0.882. The Morgan fingerprint density at radius 1 is 1.19 bits per heavy atom. The molecule has 2 nitrogen and oxygen atoms in total. The minimum Gasteiger partial charge on any atom is -0.338 e. The van der Waals surface area contributed by atoms with Crippen LogP contribution in [0.25, 0.3) is 0 Å². The van der Waals surface area contributed by atoms with Crippen molar-refractivity contribution in [2.24, 2.45) is 5.41 Å². The Morgan fingerprint density at radius 3 is 2.19 bits per heavy atom. The summed E-state index contributed by atoms with van der Waals surface area (Å²) in [6.07, 6.45) is 0. The summed E-state index contributed by atoms with van der Waals surface area (Å²) in [7, 11) is 0. The molecule has 0 bridgehead atoms. The highest BCUT2D eigenvalue weighted by Gasteiger charge is 2.26. The molecule has 0 aliphatic carbocycles. The molecular formula is C14H21NO. The van der Waals surface area contributed by atoms with Gasteiger partial charge in [0.15, 0.2) is 0 Å². The van der Waals surface area contributed by atoms with E-state index in [1.165, 1.54) is 5.56 Å². The van der Waals surface area contributed by atoms with Crippen molar-refractivity contribution in [3.05, 3.63) is 35.9 Å². The van der Waals surface area contributed by atoms with Gasteiger partial charge in [0.25, 0.3) is 0 Å². The van der Waals surface area contributed by atoms with Crippen molar-refractivity contribution < 1.29 is 4.79 Å². The van der Waals surface area contributed by atoms with Crippen molar-refractivity contribution in [1.29, 1.82) is 0 Å². The van der Waals surface area contributed by atoms with Gasteiger partial charge in [-0.15, -0.1) is 0 Å². The maximum atomic E-state index is 12.1. The van der Waals surface area contributed by atoms with Crippen molar-refractivity contribution in [1.82, 2.24) is 4.90 Å². The standard InChI is InChI=1S/C14H21NO/c1-5-15(13(16)14(2,3)4)11-12-9-7-6-8-10-12/h6-10H,5,11H2,1-4H3. The zero-order valence-electron chi connectivity index (χ0n) is 10.7. The number of nitrogens with zero attached hydrogens (tertiary/aromatic N) is 1. The lowest BCUT2D eigenvalue weighted by Gasteiger charge is -2.28. The molecule has 0 aromatic heterocycles. The minimum atomic E-state index is -0.301. The average molecular weight is 219 g/mol. The largest absolute Gasteiger partial charge is 0.338 e. The Hall–Kier alpha value is -1.31. The lowest BCUT2D eigenvalue weighted by molar-refractivity contribution is -0.139. The second kappa shape index (κ2) is 5.15. The summed E-state index contributed by atoms with van der Waals surface area (Å²) < 4.78 is 0. The van der Waals surface area contributed by atoms with Crippen LogP contribution in [0.1, 0.15) is 33.3 Å². The first-order chi connectivity index (χ1) is 7.45. The van der Waals surface area contributed by atoms with E-state index < -0.39 is 0 Å². The quantitative estimate of drug-likeness (QED) is 0.765. The Balaban J connectivity index is 2.74. The third-order valence-electron chi connectivity index (χ3n) is 2.53. The molecule has 0 spiro atoms. The van der Waals surface area contributed by atoms with E-state index in [1.807, 2.05) is 50.8 Å². The number of carbonyl (C=O) groups is 1. The Labute approximate surface area is 98.3 Å². The third kappa shape index (κ3) is 3.37. The van der Waals surface area contributed by atoms with Crippen LogP contribution in [0, 0.1) is 5.41 Å². The first-order valence-electron chi connectivity index (χ1n) is 5.78. The van der Waals surface area contributed by atoms with Crippen LogP contribution in [0.5, 0.6) is 0 Å². The minimum absolute atomic E-state index is 0.207. The highest BCUT2D eigenvalue weighted by Crippen LogP contribution is 2.18. The van der Waals surface area contributed by atoms with Crippen LogP contribution in [0.3, 0.4) is 0 Å². The summed E-state index contributed by atoms with van der Waals surface area (Å²) >= 11 is 0. The Kier molecular flexibility index (Phi) is 4.11. The fraction of sp³-hybridized carbons (Fsp3) is 0.500. The van der Waals surface area contributed by atoms with E-state index in [0.717, 1.165) is 6.54 Å². The van der Waals surface area contributed by atoms with E-state index >= 15 is 0 Å². The van der Waals surface area contributed by atoms with E-state index in [0.29, 0.717) is 6.54 Å². The predicted octanol–water partition coefficient (Wildman–Crippen LogP) is 3.08. The van der Waals surface area contributed by atoms with Crippen LogP contribution in [0.2, 0.25) is 0 Å². The van der Waals surface area contributed by atoms with Crippen LogP contribution in [-0.4, -0.2) is 17.4 Å². The van der Waals surface area contributed by atoms with E-state index in [9.17, 15) is 4.79 Å². The molecule has 1 amide bonds. The highest BCUT2D eigenvalue weighted by molar-refractivity contribution is 5.81. The molecule has 2 heteroatoms. The van der Waals surface area contributed by atoms with Crippen molar-refractivity contribution in [2.75, 3.05) is 6.54 Å². The number of hydrogen-bond donors (Lipinski definition) is 0. The van der Waals surface area contributed by atoms with E-state index in [4.69, 9.17) is 0 Å². The number of amides is 1. The smallest absolute Gasteiger partial charge is 0.228 e. The van der Waals surface area contributed by atoms with Gasteiger partial charge in [0.2, 0.25) is 5.91 Å². The van der Waals surface area contributed by atoms with Crippen LogP contribution in [0.15, 0.2) is 30.3 Å². The Bertz CT molecular complexity index is 338. The highest BCUT2D eigenvalue weighted by atomic mass is 16.2. The van der Waals surface area contributed by atoms with Crippen LogP contribution in [-0.2, 0) is 11.3 Å². The zero-order chi connectivity index (χ0) is 12.2. The van der Waals surface area contributed by atoms with E-state index in [1.54, 1.807) is 0 Å². The first-order valence-corrected chi connectivity index (χ1v) is 5.78. The molecule has 0 atom stereocenters. The molecule has 0 saturated heterocycles. The third-order valence-corrected chi connectivity index (χ3v) is 2.53. The van der Waals surface area contributed by atoms with Crippen molar-refractivity contribution in [3.63, 3.8) is 0 Å². The van der Waals surface area contributed by atoms with Gasteiger partial charge in [-0.3, -0.25) is 4.79 Å². The maximum Gasteiger partial charge on any atom is 0.228 e. The molecule has 0 saturated carbocycles. The van der Waals surface area contributed by atoms with Crippen molar-refractivity contribution >= 4 is 5.91 Å². The lowest BCUT2D eigenvalue weighted by atomic mass is 9.94. The van der Waals surface area contributed by atoms with Gasteiger partial charge in [0.1, 0.15) is 0 Å². The number of rotatable bonds is 3. The first kappa shape index (κ1) is 12.8. The summed E-state index contributed by atoms with van der Waals surface area (Å²) in [5.74, 6) is 0.207. The molecule has 0 unspecified atom stereocenters. The summed E-state index contributed by atoms with van der Waals surface area (Å²) in [4.78, 5) is 14.0. The number of benzene rings is 1. The number of carbonyl (C=O) groups excluding carboxylic acids is 1. The van der Waals surface area contributed by atoms with Gasteiger partial charge in [-0.1, -0.05) is 51.1 Å². The van der Waals surface area contributed by atoms with Gasteiger partial charge < -0.3 is 4.90 Å². The van der Waals surface area contributed by atoms with Gasteiger partial charge >= 0.3 is 0 Å². The van der Waals surface area contributed by atoms with Crippen LogP contribution >= 0.6 is 0 Å². The number of hydrogen-bond acceptors (Lipinski definition) is 1. The monoisotopic (exact) mass is 219 g/mol. The van der Waals surface area contributed by atoms with Crippen molar-refractivity contribution in [3.8, 4) is 0 Å². The van der Waals surface area contributed by atoms with Gasteiger partial charge in [0.05, 0.1) is 0 Å². The molecule has 0 N–H and O–H groups in total. The van der Waals surface area contributed by atoms with Crippen LogP contribution < -0.4 is 0 Å². The molecule has 88 valence electrons. The molecule has 0 aliphatic heterocycles. The molecule has 0 radical (unpaired) electrons. The maximum absolute atomic E-state index is 12.1. The van der Waals surface area contributed by atoms with E-state index in [2.05, 4.69) is 12.1 Å². The average Bonchev–Trinajstić information content (AvgIpc) is 2.25. The summed E-state index contributed by atoms with van der Waals surface area (Å²) in [6, 6.07) is 10.1. The van der Waals surface area contributed by atoms with Gasteiger partial charge in [-0.25, -0.2) is 0 Å². The van der Waals surface area contributed by atoms with Crippen LogP contribution in [0.4, 0.5) is 0 Å². The molecular weight excluding hydrogens is 198 g/mol. The molecule has 0 heterocycles. The summed E-state index contributed by atoms with van der Waals surface area (Å²) in [6.45, 7) is 9.36. The van der Waals surface area contributed by atoms with Gasteiger partial charge in [0, 0.05) is 18.5 Å². The van der Waals surface area contributed by atoms with Crippen molar-refractivity contribution in [2.45, 2.75) is 34.2 Å².